The van der Waals surface area contributed by atoms with Crippen LogP contribution in [0.25, 0.3) is 0 Å². The first-order valence-electron chi connectivity index (χ1n) is 7.35. The third-order valence-corrected chi connectivity index (χ3v) is 4.21. The molecular weight excluding hydrogens is 279 g/mol. The molecule has 5 heteroatoms. The Morgan fingerprint density at radius 1 is 1.24 bits per heavy atom. The molecule has 1 fully saturated rings. The number of ether oxygens (including phenoxy) is 1. The number of hydrogen-bond donors (Lipinski definition) is 1. The van der Waals surface area contributed by atoms with E-state index in [1.165, 1.54) is 0 Å². The molecule has 1 N–H and O–H groups in total. The predicted octanol–water partition coefficient (Wildman–Crippen LogP) is 4.21. The molecule has 2 unspecified atom stereocenters. The van der Waals surface area contributed by atoms with Gasteiger partial charge in [0.1, 0.15) is 5.75 Å². The zero-order valence-electron chi connectivity index (χ0n) is 12.5. The maximum absolute atomic E-state index is 13.0. The summed E-state index contributed by atoms with van der Waals surface area (Å²) in [5.41, 5.74) is 1.98. The Morgan fingerprint density at radius 3 is 2.57 bits per heavy atom. The van der Waals surface area contributed by atoms with Crippen LogP contribution in [0.1, 0.15) is 36.8 Å². The molecular formula is C16H22F3NO. The van der Waals surface area contributed by atoms with E-state index in [1.807, 2.05) is 25.1 Å². The van der Waals surface area contributed by atoms with Crippen LogP contribution >= 0.6 is 0 Å². The second-order valence-electron chi connectivity index (χ2n) is 5.72. The Labute approximate surface area is 123 Å². The fourth-order valence-corrected chi connectivity index (χ4v) is 3.07. The lowest BCUT2D eigenvalue weighted by atomic mass is 9.84. The summed E-state index contributed by atoms with van der Waals surface area (Å²) in [5, 5.41) is 3.10. The lowest BCUT2D eigenvalue weighted by Crippen LogP contribution is -2.45. The summed E-state index contributed by atoms with van der Waals surface area (Å²) in [6.07, 6.45) is -1.73. The normalized spacial score (nSPS) is 23.1. The van der Waals surface area contributed by atoms with Gasteiger partial charge in [-0.1, -0.05) is 25.0 Å². The van der Waals surface area contributed by atoms with Crippen molar-refractivity contribution >= 4 is 0 Å². The average Bonchev–Trinajstić information content (AvgIpc) is 2.44. The molecule has 0 radical (unpaired) electrons. The molecule has 0 saturated heterocycles. The third kappa shape index (κ3) is 4.13. The van der Waals surface area contributed by atoms with Crippen LogP contribution in [0.3, 0.4) is 0 Å². The monoisotopic (exact) mass is 301 g/mol. The van der Waals surface area contributed by atoms with Crippen LogP contribution in [-0.2, 0) is 6.54 Å². The highest BCUT2D eigenvalue weighted by atomic mass is 19.4. The van der Waals surface area contributed by atoms with Crippen molar-refractivity contribution in [3.63, 3.8) is 0 Å². The summed E-state index contributed by atoms with van der Waals surface area (Å²) in [7, 11) is 1.61. The van der Waals surface area contributed by atoms with E-state index >= 15 is 0 Å². The molecule has 0 heterocycles. The van der Waals surface area contributed by atoms with E-state index in [4.69, 9.17) is 4.74 Å². The van der Waals surface area contributed by atoms with E-state index in [0.717, 1.165) is 23.3 Å². The van der Waals surface area contributed by atoms with Gasteiger partial charge in [0.25, 0.3) is 0 Å². The Balaban J connectivity index is 1.99. The molecule has 21 heavy (non-hydrogen) atoms. The first-order chi connectivity index (χ1) is 9.91. The van der Waals surface area contributed by atoms with Gasteiger partial charge in [-0.15, -0.1) is 0 Å². The molecule has 1 aliphatic rings. The van der Waals surface area contributed by atoms with Gasteiger partial charge in [0.15, 0.2) is 0 Å². The molecule has 1 saturated carbocycles. The van der Waals surface area contributed by atoms with E-state index in [2.05, 4.69) is 5.32 Å². The van der Waals surface area contributed by atoms with Crippen molar-refractivity contribution in [1.82, 2.24) is 5.32 Å². The number of halogens is 3. The first kappa shape index (κ1) is 16.1. The highest BCUT2D eigenvalue weighted by molar-refractivity contribution is 5.36. The van der Waals surface area contributed by atoms with E-state index in [1.54, 1.807) is 7.11 Å². The molecule has 0 aromatic heterocycles. The number of aryl methyl sites for hydroxylation is 1. The van der Waals surface area contributed by atoms with Crippen LogP contribution in [0.4, 0.5) is 13.2 Å². The van der Waals surface area contributed by atoms with Gasteiger partial charge in [0, 0.05) is 12.6 Å². The van der Waals surface area contributed by atoms with E-state index in [9.17, 15) is 13.2 Å². The summed E-state index contributed by atoms with van der Waals surface area (Å²) in [4.78, 5) is 0. The molecule has 0 aliphatic heterocycles. The van der Waals surface area contributed by atoms with Crippen molar-refractivity contribution < 1.29 is 17.9 Å². The number of benzene rings is 1. The molecule has 118 valence electrons. The van der Waals surface area contributed by atoms with Gasteiger partial charge in [-0.2, -0.15) is 13.2 Å². The minimum Gasteiger partial charge on any atom is -0.496 e. The highest BCUT2D eigenvalue weighted by Gasteiger charge is 2.45. The number of alkyl halides is 3. The van der Waals surface area contributed by atoms with Crippen molar-refractivity contribution in [3.8, 4) is 5.75 Å². The van der Waals surface area contributed by atoms with Crippen molar-refractivity contribution in [2.24, 2.45) is 5.92 Å². The summed E-state index contributed by atoms with van der Waals surface area (Å²) in [6, 6.07) is 5.23. The Hall–Kier alpha value is -1.23. The smallest absolute Gasteiger partial charge is 0.393 e. The van der Waals surface area contributed by atoms with Gasteiger partial charge in [-0.3, -0.25) is 0 Å². The van der Waals surface area contributed by atoms with Gasteiger partial charge in [-0.25, -0.2) is 0 Å². The van der Waals surface area contributed by atoms with Crippen LogP contribution in [-0.4, -0.2) is 19.3 Å². The summed E-state index contributed by atoms with van der Waals surface area (Å²) in [5.74, 6) is -0.421. The molecule has 0 amide bonds. The molecule has 1 aromatic rings. The first-order valence-corrected chi connectivity index (χ1v) is 7.35. The van der Waals surface area contributed by atoms with E-state index < -0.39 is 18.1 Å². The van der Waals surface area contributed by atoms with Crippen LogP contribution in [0.2, 0.25) is 0 Å². The van der Waals surface area contributed by atoms with E-state index in [0.29, 0.717) is 19.4 Å². The zero-order chi connectivity index (χ0) is 15.5. The molecule has 0 bridgehead atoms. The van der Waals surface area contributed by atoms with Crippen molar-refractivity contribution in [2.45, 2.75) is 51.4 Å². The van der Waals surface area contributed by atoms with Crippen LogP contribution in [0.15, 0.2) is 18.2 Å². The fraction of sp³-hybridized carbons (Fsp3) is 0.625. The lowest BCUT2D eigenvalue weighted by Gasteiger charge is -2.33. The lowest BCUT2D eigenvalue weighted by molar-refractivity contribution is -0.189. The van der Waals surface area contributed by atoms with Gasteiger partial charge in [-0.05, 0) is 37.0 Å². The van der Waals surface area contributed by atoms with Crippen molar-refractivity contribution in [2.75, 3.05) is 7.11 Å². The Bertz CT molecular complexity index is 473. The predicted molar refractivity (Wildman–Crippen MR) is 76.4 cm³/mol. The molecule has 1 aromatic carbocycles. The van der Waals surface area contributed by atoms with Crippen molar-refractivity contribution in [3.05, 3.63) is 29.3 Å². The maximum atomic E-state index is 13.0. The number of methoxy groups -OCH3 is 1. The highest BCUT2D eigenvalue weighted by Crippen LogP contribution is 2.37. The van der Waals surface area contributed by atoms with Crippen molar-refractivity contribution in [1.29, 1.82) is 0 Å². The van der Waals surface area contributed by atoms with Crippen LogP contribution in [0.5, 0.6) is 5.75 Å². The summed E-state index contributed by atoms with van der Waals surface area (Å²) >= 11 is 0. The Kier molecular flexibility index (Phi) is 5.14. The second-order valence-corrected chi connectivity index (χ2v) is 5.72. The Morgan fingerprint density at radius 2 is 1.95 bits per heavy atom. The minimum absolute atomic E-state index is 0.239. The topological polar surface area (TPSA) is 21.3 Å². The SMILES string of the molecule is COc1ccc(CNC2CCCCC2C(F)(F)F)cc1C. The molecule has 2 atom stereocenters. The second kappa shape index (κ2) is 6.69. The van der Waals surface area contributed by atoms with Crippen LogP contribution < -0.4 is 10.1 Å². The van der Waals surface area contributed by atoms with Gasteiger partial charge in [0.2, 0.25) is 0 Å². The number of nitrogens with one attached hydrogen (secondary N) is 1. The fourth-order valence-electron chi connectivity index (χ4n) is 3.07. The standard InChI is InChI=1S/C16H22F3NO/c1-11-9-12(7-8-15(11)21-2)10-20-14-6-4-3-5-13(14)16(17,18)19/h7-9,13-14,20H,3-6,10H2,1-2H3. The summed E-state index contributed by atoms with van der Waals surface area (Å²) < 4.78 is 44.3. The average molecular weight is 301 g/mol. The molecule has 0 spiro atoms. The molecule has 2 nitrogen and oxygen atoms in total. The number of rotatable bonds is 4. The minimum atomic E-state index is -4.10. The maximum Gasteiger partial charge on any atom is 0.393 e. The van der Waals surface area contributed by atoms with E-state index in [-0.39, 0.29) is 6.42 Å². The molecule has 1 aliphatic carbocycles. The van der Waals surface area contributed by atoms with Gasteiger partial charge >= 0.3 is 6.18 Å². The third-order valence-electron chi connectivity index (χ3n) is 4.21. The van der Waals surface area contributed by atoms with Gasteiger partial charge in [0.05, 0.1) is 13.0 Å². The largest absolute Gasteiger partial charge is 0.496 e. The van der Waals surface area contributed by atoms with Crippen LogP contribution in [0, 0.1) is 12.8 Å². The molecule has 2 rings (SSSR count). The number of hydrogen-bond acceptors (Lipinski definition) is 2. The zero-order valence-corrected chi connectivity index (χ0v) is 12.5. The van der Waals surface area contributed by atoms with Gasteiger partial charge < -0.3 is 10.1 Å². The quantitative estimate of drug-likeness (QED) is 0.899. The summed E-state index contributed by atoms with van der Waals surface area (Å²) in [6.45, 7) is 2.39.